The zero-order chi connectivity index (χ0) is 11.8. The van der Waals surface area contributed by atoms with Crippen LogP contribution in [0.2, 0.25) is 0 Å². The molecule has 0 radical (unpaired) electrons. The van der Waals surface area contributed by atoms with E-state index in [-0.39, 0.29) is 18.6 Å². The molecule has 0 bridgehead atoms. The van der Waals surface area contributed by atoms with Gasteiger partial charge in [0.2, 0.25) is 5.91 Å². The monoisotopic (exact) mass is 217 g/mol. The van der Waals surface area contributed by atoms with Gasteiger partial charge in [-0.25, -0.2) is 4.79 Å². The number of carboxylic acid groups (broad SMARTS) is 1. The van der Waals surface area contributed by atoms with E-state index in [1.165, 1.54) is 0 Å². The van der Waals surface area contributed by atoms with Crippen LogP contribution in [0.4, 0.5) is 0 Å². The average Bonchev–Trinajstić information content (AvgIpc) is 2.14. The van der Waals surface area contributed by atoms with Gasteiger partial charge in [-0.15, -0.1) is 0 Å². The van der Waals surface area contributed by atoms with Crippen molar-refractivity contribution in [1.82, 2.24) is 5.32 Å². The Morgan fingerprint density at radius 1 is 1.40 bits per heavy atom. The normalized spacial score (nSPS) is 12.5. The second-order valence-corrected chi connectivity index (χ2v) is 3.61. The quantitative estimate of drug-likeness (QED) is 0.660. The summed E-state index contributed by atoms with van der Waals surface area (Å²) in [5, 5.41) is 11.2. The molecule has 0 heterocycles. The molecule has 0 rings (SSSR count). The minimum Gasteiger partial charge on any atom is -0.480 e. The summed E-state index contributed by atoms with van der Waals surface area (Å²) >= 11 is 0. The first-order chi connectivity index (χ1) is 6.97. The van der Waals surface area contributed by atoms with Crippen LogP contribution in [0.5, 0.6) is 0 Å². The van der Waals surface area contributed by atoms with Crippen LogP contribution in [0.3, 0.4) is 0 Å². The Balaban J connectivity index is 3.94. The molecule has 0 aromatic rings. The number of hydrogen-bond acceptors (Lipinski definition) is 3. The summed E-state index contributed by atoms with van der Waals surface area (Å²) in [6.07, 6.45) is 1.11. The van der Waals surface area contributed by atoms with Crippen molar-refractivity contribution >= 4 is 11.9 Å². The van der Waals surface area contributed by atoms with Gasteiger partial charge in [0.15, 0.2) is 0 Å². The van der Waals surface area contributed by atoms with Crippen molar-refractivity contribution in [3.05, 3.63) is 0 Å². The third kappa shape index (κ3) is 6.90. The van der Waals surface area contributed by atoms with Gasteiger partial charge in [-0.1, -0.05) is 13.3 Å². The fourth-order valence-corrected chi connectivity index (χ4v) is 1.02. The molecular formula is C10H19NO4. The van der Waals surface area contributed by atoms with Crippen molar-refractivity contribution < 1.29 is 19.4 Å². The van der Waals surface area contributed by atoms with Gasteiger partial charge in [0.1, 0.15) is 12.6 Å². The lowest BCUT2D eigenvalue weighted by molar-refractivity contribution is -0.143. The van der Waals surface area contributed by atoms with Crippen LogP contribution in [0.1, 0.15) is 33.6 Å². The molecule has 15 heavy (non-hydrogen) atoms. The second kappa shape index (κ2) is 7.23. The van der Waals surface area contributed by atoms with Crippen LogP contribution >= 0.6 is 0 Å². The van der Waals surface area contributed by atoms with Gasteiger partial charge in [-0.05, 0) is 20.3 Å². The molecule has 88 valence electrons. The van der Waals surface area contributed by atoms with E-state index < -0.39 is 12.0 Å². The molecule has 0 unspecified atom stereocenters. The summed E-state index contributed by atoms with van der Waals surface area (Å²) in [4.78, 5) is 21.9. The van der Waals surface area contributed by atoms with Crippen LogP contribution < -0.4 is 5.32 Å². The highest BCUT2D eigenvalue weighted by molar-refractivity contribution is 5.84. The van der Waals surface area contributed by atoms with E-state index in [1.54, 1.807) is 0 Å². The molecule has 0 spiro atoms. The molecule has 0 aliphatic carbocycles. The first-order valence-electron chi connectivity index (χ1n) is 5.11. The highest BCUT2D eigenvalue weighted by atomic mass is 16.5. The highest BCUT2D eigenvalue weighted by Gasteiger charge is 2.18. The predicted molar refractivity (Wildman–Crippen MR) is 55.6 cm³/mol. The Kier molecular flexibility index (Phi) is 6.70. The Bertz CT molecular complexity index is 215. The zero-order valence-electron chi connectivity index (χ0n) is 9.45. The number of hydrogen-bond donors (Lipinski definition) is 2. The van der Waals surface area contributed by atoms with Gasteiger partial charge in [0, 0.05) is 0 Å². The van der Waals surface area contributed by atoms with Crippen molar-refractivity contribution in [2.75, 3.05) is 6.61 Å². The lowest BCUT2D eigenvalue weighted by Gasteiger charge is -2.14. The molecule has 1 amide bonds. The Morgan fingerprint density at radius 3 is 2.40 bits per heavy atom. The molecule has 5 heteroatoms. The molecule has 0 aliphatic rings. The molecule has 0 aromatic heterocycles. The van der Waals surface area contributed by atoms with Crippen molar-refractivity contribution in [3.63, 3.8) is 0 Å². The van der Waals surface area contributed by atoms with Crippen molar-refractivity contribution in [2.45, 2.75) is 45.8 Å². The molecule has 0 saturated heterocycles. The van der Waals surface area contributed by atoms with E-state index in [0.717, 1.165) is 0 Å². The van der Waals surface area contributed by atoms with Gasteiger partial charge in [0.05, 0.1) is 6.10 Å². The second-order valence-electron chi connectivity index (χ2n) is 3.61. The van der Waals surface area contributed by atoms with Crippen molar-refractivity contribution in [2.24, 2.45) is 0 Å². The van der Waals surface area contributed by atoms with E-state index in [2.05, 4.69) is 5.32 Å². The van der Waals surface area contributed by atoms with Gasteiger partial charge >= 0.3 is 5.97 Å². The Hall–Kier alpha value is -1.10. The van der Waals surface area contributed by atoms with Crippen LogP contribution in [-0.4, -0.2) is 35.7 Å². The molecule has 0 fully saturated rings. The number of nitrogens with one attached hydrogen (secondary N) is 1. The summed E-state index contributed by atoms with van der Waals surface area (Å²) in [5.41, 5.74) is 0. The zero-order valence-corrected chi connectivity index (χ0v) is 9.45. The van der Waals surface area contributed by atoms with E-state index >= 15 is 0 Å². The van der Waals surface area contributed by atoms with E-state index in [0.29, 0.717) is 12.8 Å². The largest absolute Gasteiger partial charge is 0.480 e. The number of carbonyl (C=O) groups excluding carboxylic acids is 1. The van der Waals surface area contributed by atoms with E-state index in [1.807, 2.05) is 20.8 Å². The van der Waals surface area contributed by atoms with Gasteiger partial charge in [0.25, 0.3) is 0 Å². The summed E-state index contributed by atoms with van der Waals surface area (Å²) < 4.78 is 5.06. The standard InChI is InChI=1S/C10H19NO4/c1-4-5-8(10(13)14)11-9(12)6-15-7(2)3/h7-8H,4-6H2,1-3H3,(H,11,12)(H,13,14)/t8-/m0/s1. The number of ether oxygens (including phenoxy) is 1. The van der Waals surface area contributed by atoms with Gasteiger partial charge < -0.3 is 15.2 Å². The minimum atomic E-state index is -1.00. The third-order valence-corrected chi connectivity index (χ3v) is 1.76. The van der Waals surface area contributed by atoms with Gasteiger partial charge in [-0.2, -0.15) is 0 Å². The summed E-state index contributed by atoms with van der Waals surface area (Å²) in [6.45, 7) is 5.40. The minimum absolute atomic E-state index is 0.0368. The molecule has 0 aromatic carbocycles. The lowest BCUT2D eigenvalue weighted by atomic mass is 10.2. The predicted octanol–water partition coefficient (Wildman–Crippen LogP) is 0.781. The molecular weight excluding hydrogens is 198 g/mol. The SMILES string of the molecule is CCC[C@H](NC(=O)COC(C)C)C(=O)O. The van der Waals surface area contributed by atoms with Gasteiger partial charge in [-0.3, -0.25) is 4.79 Å². The Labute approximate surface area is 89.8 Å². The third-order valence-electron chi connectivity index (χ3n) is 1.76. The maximum atomic E-state index is 11.2. The fourth-order valence-electron chi connectivity index (χ4n) is 1.02. The Morgan fingerprint density at radius 2 is 2.00 bits per heavy atom. The van der Waals surface area contributed by atoms with Crippen LogP contribution in [0.25, 0.3) is 0 Å². The summed E-state index contributed by atoms with van der Waals surface area (Å²) in [6, 6.07) is -0.807. The van der Waals surface area contributed by atoms with Crippen LogP contribution in [0.15, 0.2) is 0 Å². The van der Waals surface area contributed by atoms with Crippen LogP contribution in [0, 0.1) is 0 Å². The number of carbonyl (C=O) groups is 2. The topological polar surface area (TPSA) is 75.6 Å². The number of aliphatic carboxylic acids is 1. The molecule has 1 atom stereocenters. The first-order valence-corrected chi connectivity index (χ1v) is 5.11. The summed E-state index contributed by atoms with van der Waals surface area (Å²) in [7, 11) is 0. The van der Waals surface area contributed by atoms with Crippen molar-refractivity contribution in [1.29, 1.82) is 0 Å². The number of amides is 1. The average molecular weight is 217 g/mol. The lowest BCUT2D eigenvalue weighted by Crippen LogP contribution is -2.42. The maximum absolute atomic E-state index is 11.2. The molecule has 2 N–H and O–H groups in total. The number of carboxylic acids is 1. The molecule has 5 nitrogen and oxygen atoms in total. The van der Waals surface area contributed by atoms with E-state index in [4.69, 9.17) is 9.84 Å². The first kappa shape index (κ1) is 13.9. The smallest absolute Gasteiger partial charge is 0.326 e. The summed E-state index contributed by atoms with van der Waals surface area (Å²) in [5.74, 6) is -1.39. The number of rotatable bonds is 7. The highest BCUT2D eigenvalue weighted by Crippen LogP contribution is 1.97. The molecule has 0 aliphatic heterocycles. The fraction of sp³-hybridized carbons (Fsp3) is 0.800. The van der Waals surface area contributed by atoms with E-state index in [9.17, 15) is 9.59 Å². The van der Waals surface area contributed by atoms with Crippen molar-refractivity contribution in [3.8, 4) is 0 Å². The maximum Gasteiger partial charge on any atom is 0.326 e. The van der Waals surface area contributed by atoms with Crippen LogP contribution in [-0.2, 0) is 14.3 Å². The molecule has 0 saturated carbocycles.